The smallest absolute Gasteiger partial charge is 0.00235 e. The molecule has 0 aromatic carbocycles. The van der Waals surface area contributed by atoms with Gasteiger partial charge in [0.25, 0.3) is 0 Å². The Hall–Kier alpha value is 0.350. The Balaban J connectivity index is 2.78. The fraction of sp³-hybridized carbons (Fsp3) is 0.923. The standard InChI is InChI=1S/C13H27S/c1-3-4-5-6-7-8-9-10-11-12-13-14-2/h2-13H2,1H3. The molecule has 0 bridgehead atoms. The summed E-state index contributed by atoms with van der Waals surface area (Å²) >= 11 is 1.73. The van der Waals surface area contributed by atoms with Crippen molar-refractivity contribution in [3.8, 4) is 0 Å². The zero-order valence-electron chi connectivity index (χ0n) is 9.89. The molecule has 0 saturated heterocycles. The molecule has 85 valence electrons. The predicted molar refractivity (Wildman–Crippen MR) is 69.7 cm³/mol. The summed E-state index contributed by atoms with van der Waals surface area (Å²) in [6.07, 6.45) is 18.1. The zero-order valence-corrected chi connectivity index (χ0v) is 10.7. The van der Waals surface area contributed by atoms with Crippen molar-refractivity contribution in [1.29, 1.82) is 0 Å². The van der Waals surface area contributed by atoms with Crippen LogP contribution in [0.25, 0.3) is 0 Å². The zero-order chi connectivity index (χ0) is 10.5. The van der Waals surface area contributed by atoms with Crippen molar-refractivity contribution in [2.24, 2.45) is 0 Å². The molecule has 0 N–H and O–H groups in total. The first-order valence-electron chi connectivity index (χ1n) is 6.28. The maximum atomic E-state index is 3.78. The summed E-state index contributed by atoms with van der Waals surface area (Å²) in [6, 6.07) is 0. The molecule has 0 heterocycles. The van der Waals surface area contributed by atoms with Crippen LogP contribution in [-0.2, 0) is 0 Å². The lowest BCUT2D eigenvalue weighted by Gasteiger charge is -2.01. The second-order valence-electron chi connectivity index (χ2n) is 4.09. The molecule has 0 nitrogen and oxygen atoms in total. The lowest BCUT2D eigenvalue weighted by Crippen LogP contribution is -1.82. The van der Waals surface area contributed by atoms with Crippen LogP contribution in [0.2, 0.25) is 0 Å². The highest BCUT2D eigenvalue weighted by molar-refractivity contribution is 8.00. The van der Waals surface area contributed by atoms with Crippen LogP contribution >= 0.6 is 11.8 Å². The fourth-order valence-electron chi connectivity index (χ4n) is 1.69. The summed E-state index contributed by atoms with van der Waals surface area (Å²) in [7, 11) is 0. The Morgan fingerprint density at radius 2 is 1.14 bits per heavy atom. The summed E-state index contributed by atoms with van der Waals surface area (Å²) in [4.78, 5) is 0. The molecule has 0 atom stereocenters. The molecular weight excluding hydrogens is 188 g/mol. The van der Waals surface area contributed by atoms with Crippen LogP contribution in [0.4, 0.5) is 0 Å². The van der Waals surface area contributed by atoms with Crippen LogP contribution in [0.15, 0.2) is 0 Å². The third-order valence-corrected chi connectivity index (χ3v) is 3.22. The van der Waals surface area contributed by atoms with Crippen molar-refractivity contribution in [3.05, 3.63) is 6.26 Å². The fourth-order valence-corrected chi connectivity index (χ4v) is 2.10. The number of hydrogen-bond acceptors (Lipinski definition) is 1. The first-order valence-corrected chi connectivity index (χ1v) is 7.44. The van der Waals surface area contributed by atoms with Gasteiger partial charge in [0, 0.05) is 6.26 Å². The Kier molecular flexibility index (Phi) is 13.7. The topological polar surface area (TPSA) is 0 Å². The van der Waals surface area contributed by atoms with E-state index in [1.807, 2.05) is 0 Å². The van der Waals surface area contributed by atoms with Crippen LogP contribution in [-0.4, -0.2) is 5.75 Å². The molecule has 0 aliphatic heterocycles. The molecule has 1 radical (unpaired) electrons. The van der Waals surface area contributed by atoms with Crippen molar-refractivity contribution in [3.63, 3.8) is 0 Å². The summed E-state index contributed by atoms with van der Waals surface area (Å²) in [5.74, 6) is 1.25. The van der Waals surface area contributed by atoms with E-state index in [4.69, 9.17) is 0 Å². The van der Waals surface area contributed by atoms with E-state index in [2.05, 4.69) is 13.2 Å². The molecular formula is C13H27S. The molecule has 0 amide bonds. The first-order chi connectivity index (χ1) is 6.91. The third kappa shape index (κ3) is 12.3. The molecule has 0 spiro atoms. The molecule has 1 heteroatoms. The highest BCUT2D eigenvalue weighted by atomic mass is 32.2. The molecule has 0 aliphatic carbocycles. The van der Waals surface area contributed by atoms with Gasteiger partial charge < -0.3 is 0 Å². The lowest BCUT2D eigenvalue weighted by molar-refractivity contribution is 0.563. The van der Waals surface area contributed by atoms with E-state index >= 15 is 0 Å². The third-order valence-electron chi connectivity index (χ3n) is 2.64. The maximum absolute atomic E-state index is 3.78. The van der Waals surface area contributed by atoms with Crippen LogP contribution in [0.5, 0.6) is 0 Å². The Morgan fingerprint density at radius 3 is 1.57 bits per heavy atom. The van der Waals surface area contributed by atoms with Gasteiger partial charge in [-0.1, -0.05) is 64.7 Å². The van der Waals surface area contributed by atoms with Crippen molar-refractivity contribution < 1.29 is 0 Å². The number of hydrogen-bond donors (Lipinski definition) is 0. The van der Waals surface area contributed by atoms with Gasteiger partial charge in [0.15, 0.2) is 0 Å². The van der Waals surface area contributed by atoms with Gasteiger partial charge in [-0.15, -0.1) is 0 Å². The Bertz CT molecular complexity index is 79.2. The largest absolute Gasteiger partial charge is 0.161 e. The first kappa shape index (κ1) is 14.3. The molecule has 14 heavy (non-hydrogen) atoms. The lowest BCUT2D eigenvalue weighted by atomic mass is 10.1. The minimum absolute atomic E-state index is 1.25. The van der Waals surface area contributed by atoms with Crippen molar-refractivity contribution in [2.45, 2.75) is 71.1 Å². The van der Waals surface area contributed by atoms with E-state index in [1.165, 1.54) is 70.0 Å². The quantitative estimate of drug-likeness (QED) is 0.414. The minimum Gasteiger partial charge on any atom is -0.161 e. The number of rotatable bonds is 11. The van der Waals surface area contributed by atoms with E-state index < -0.39 is 0 Å². The molecule has 0 fully saturated rings. The average Bonchev–Trinajstić information content (AvgIpc) is 2.21. The second-order valence-corrected chi connectivity index (χ2v) is 4.91. The highest BCUT2D eigenvalue weighted by Gasteiger charge is 1.91. The average molecular weight is 215 g/mol. The van der Waals surface area contributed by atoms with Crippen LogP contribution in [0, 0.1) is 6.26 Å². The number of thioether (sulfide) groups is 1. The van der Waals surface area contributed by atoms with Crippen LogP contribution < -0.4 is 0 Å². The van der Waals surface area contributed by atoms with Gasteiger partial charge in [0.1, 0.15) is 0 Å². The second kappa shape index (κ2) is 13.4. The van der Waals surface area contributed by atoms with Crippen molar-refractivity contribution >= 4 is 11.8 Å². The van der Waals surface area contributed by atoms with E-state index in [0.29, 0.717) is 0 Å². The highest BCUT2D eigenvalue weighted by Crippen LogP contribution is 2.11. The normalized spacial score (nSPS) is 10.7. The van der Waals surface area contributed by atoms with Gasteiger partial charge in [-0.3, -0.25) is 0 Å². The van der Waals surface area contributed by atoms with Gasteiger partial charge in [-0.2, -0.15) is 11.8 Å². The predicted octanol–water partition coefficient (Wildman–Crippen LogP) is 5.43. The van der Waals surface area contributed by atoms with E-state index in [1.54, 1.807) is 11.8 Å². The molecule has 0 rings (SSSR count). The van der Waals surface area contributed by atoms with Gasteiger partial charge >= 0.3 is 0 Å². The molecule has 0 aromatic heterocycles. The summed E-state index contributed by atoms with van der Waals surface area (Å²) in [5.41, 5.74) is 0. The molecule has 0 aliphatic rings. The Labute approximate surface area is 95.2 Å². The molecule has 0 aromatic rings. The molecule has 0 unspecified atom stereocenters. The summed E-state index contributed by atoms with van der Waals surface area (Å²) < 4.78 is 0. The van der Waals surface area contributed by atoms with E-state index in [9.17, 15) is 0 Å². The Morgan fingerprint density at radius 1 is 0.714 bits per heavy atom. The van der Waals surface area contributed by atoms with Gasteiger partial charge in [-0.05, 0) is 12.2 Å². The van der Waals surface area contributed by atoms with Gasteiger partial charge in [-0.25, -0.2) is 0 Å². The maximum Gasteiger partial charge on any atom is 0.00235 e. The summed E-state index contributed by atoms with van der Waals surface area (Å²) in [5, 5.41) is 0. The van der Waals surface area contributed by atoms with Gasteiger partial charge in [0.2, 0.25) is 0 Å². The van der Waals surface area contributed by atoms with Crippen molar-refractivity contribution in [2.75, 3.05) is 5.75 Å². The van der Waals surface area contributed by atoms with Crippen LogP contribution in [0.1, 0.15) is 71.1 Å². The SMILES string of the molecule is [CH2]SCCCCCCCCCCCC. The van der Waals surface area contributed by atoms with Crippen LogP contribution in [0.3, 0.4) is 0 Å². The van der Waals surface area contributed by atoms with Gasteiger partial charge in [0.05, 0.1) is 0 Å². The number of unbranched alkanes of at least 4 members (excludes halogenated alkanes) is 9. The van der Waals surface area contributed by atoms with Crippen molar-refractivity contribution in [1.82, 2.24) is 0 Å². The van der Waals surface area contributed by atoms with E-state index in [-0.39, 0.29) is 0 Å². The minimum atomic E-state index is 1.25. The molecule has 0 saturated carbocycles. The summed E-state index contributed by atoms with van der Waals surface area (Å²) in [6.45, 7) is 2.28. The van der Waals surface area contributed by atoms with E-state index in [0.717, 1.165) is 0 Å². The monoisotopic (exact) mass is 215 g/mol.